The van der Waals surface area contributed by atoms with Crippen LogP contribution in [0, 0.1) is 0 Å². The van der Waals surface area contributed by atoms with Gasteiger partial charge in [-0.15, -0.1) is 0 Å². The summed E-state index contributed by atoms with van der Waals surface area (Å²) < 4.78 is 53.1. The standard InChI is InChI=1S/C32H40N2O8S4/c1-2-4-26-25(3-1)41-19-17-39-15-13-37-11-9-35-7-5-33-21-27-28(22-33)44-31(43-27)32-45-29-23-34(24-30(29)46-32)6-8-36-10-12-38-14-16-40-18-20-42-26/h1-4,21-24H,5-20H2. The van der Waals surface area contributed by atoms with Crippen molar-refractivity contribution in [2.24, 2.45) is 0 Å². The first-order valence-electron chi connectivity index (χ1n) is 15.5. The van der Waals surface area contributed by atoms with Crippen molar-refractivity contribution in [3.8, 4) is 11.5 Å². The highest BCUT2D eigenvalue weighted by Crippen LogP contribution is 2.61. The smallest absolute Gasteiger partial charge is 0.161 e. The second-order valence-electron chi connectivity index (χ2n) is 10.3. The summed E-state index contributed by atoms with van der Waals surface area (Å²) in [5.74, 6) is 1.37. The number of hydrogen-bond donors (Lipinski definition) is 0. The van der Waals surface area contributed by atoms with Crippen LogP contribution >= 0.6 is 47.0 Å². The molecule has 0 unspecified atom stereocenters. The maximum absolute atomic E-state index is 5.86. The van der Waals surface area contributed by atoms with Crippen molar-refractivity contribution in [2.45, 2.75) is 32.7 Å². The third kappa shape index (κ3) is 10.4. The fourth-order valence-corrected chi connectivity index (χ4v) is 10.0. The summed E-state index contributed by atoms with van der Waals surface area (Å²) in [6, 6.07) is 7.61. The molecule has 6 aliphatic rings. The Hall–Kier alpha value is -1.72. The number of rotatable bonds is 0. The number of thioether (sulfide) groups is 4. The second-order valence-corrected chi connectivity index (χ2v) is 15.0. The molecule has 0 radical (unpaired) electrons. The minimum Gasteiger partial charge on any atom is -0.487 e. The van der Waals surface area contributed by atoms with E-state index in [1.54, 1.807) is 0 Å². The fraction of sp³-hybridized carbons (Fsp3) is 0.500. The van der Waals surface area contributed by atoms with Gasteiger partial charge in [0.25, 0.3) is 0 Å². The van der Waals surface area contributed by atoms with Gasteiger partial charge in [-0.1, -0.05) is 59.2 Å². The molecule has 0 N–H and O–H groups in total. The average Bonchev–Trinajstić information content (AvgIpc) is 3.82. The van der Waals surface area contributed by atoms with Crippen molar-refractivity contribution >= 4 is 47.0 Å². The molecule has 0 atom stereocenters. The van der Waals surface area contributed by atoms with Gasteiger partial charge in [-0.2, -0.15) is 0 Å². The molecule has 14 heteroatoms. The lowest BCUT2D eigenvalue weighted by molar-refractivity contribution is 0.00672. The Morgan fingerprint density at radius 2 is 0.696 bits per heavy atom. The molecule has 6 aliphatic heterocycles. The molecule has 3 aromatic rings. The third-order valence-corrected chi connectivity index (χ3v) is 12.4. The molecule has 2 aromatic heterocycles. The minimum absolute atomic E-state index is 0.422. The molecule has 0 aliphatic carbocycles. The van der Waals surface area contributed by atoms with Gasteiger partial charge < -0.3 is 47.0 Å². The van der Waals surface area contributed by atoms with E-state index in [4.69, 9.17) is 37.9 Å². The number of ether oxygens (including phenoxy) is 8. The van der Waals surface area contributed by atoms with Crippen molar-refractivity contribution in [3.05, 3.63) is 57.5 Å². The van der Waals surface area contributed by atoms with Crippen LogP contribution < -0.4 is 9.47 Å². The lowest BCUT2D eigenvalue weighted by atomic mass is 10.3. The first kappa shape index (κ1) is 34.2. The van der Waals surface area contributed by atoms with Gasteiger partial charge in [0.2, 0.25) is 0 Å². The maximum Gasteiger partial charge on any atom is 0.161 e. The van der Waals surface area contributed by atoms with E-state index in [0.717, 1.165) is 13.1 Å². The molecule has 0 fully saturated rings. The molecule has 0 saturated carbocycles. The van der Waals surface area contributed by atoms with E-state index in [1.807, 2.05) is 71.3 Å². The van der Waals surface area contributed by atoms with Crippen LogP contribution in [0.3, 0.4) is 0 Å². The average molecular weight is 709 g/mol. The fourth-order valence-electron chi connectivity index (χ4n) is 4.64. The van der Waals surface area contributed by atoms with Gasteiger partial charge in [0.1, 0.15) is 13.2 Å². The molecule has 8 heterocycles. The zero-order valence-corrected chi connectivity index (χ0v) is 29.0. The van der Waals surface area contributed by atoms with E-state index in [1.165, 1.54) is 28.1 Å². The highest BCUT2D eigenvalue weighted by molar-refractivity contribution is 8.30. The molecule has 0 amide bonds. The van der Waals surface area contributed by atoms with Gasteiger partial charge in [0, 0.05) is 57.5 Å². The minimum atomic E-state index is 0.422. The Balaban J connectivity index is 0.945. The summed E-state index contributed by atoms with van der Waals surface area (Å²) in [5, 5.41) is 0. The lowest BCUT2D eigenvalue weighted by Crippen LogP contribution is -2.14. The van der Waals surface area contributed by atoms with Crippen molar-refractivity contribution in [1.29, 1.82) is 0 Å². The van der Waals surface area contributed by atoms with E-state index in [9.17, 15) is 0 Å². The number of hydrogen-bond acceptors (Lipinski definition) is 12. The molecule has 9 rings (SSSR count). The summed E-state index contributed by atoms with van der Waals surface area (Å²) >= 11 is 7.48. The topological polar surface area (TPSA) is 83.7 Å². The van der Waals surface area contributed by atoms with E-state index >= 15 is 0 Å². The SMILES string of the molecule is c1ccc2c(c1)OCCOCCOCCOCCn1cc3c(c1)SC(=C1Sc4cn(cc4S1)CCOCCOCCOCCO2)S3. The number of para-hydroxylation sites is 2. The molecular formula is C32H40N2O8S4. The number of benzene rings is 1. The van der Waals surface area contributed by atoms with Crippen molar-refractivity contribution < 1.29 is 37.9 Å². The normalized spacial score (nSPS) is 20.3. The van der Waals surface area contributed by atoms with Gasteiger partial charge in [-0.3, -0.25) is 0 Å². The Morgan fingerprint density at radius 1 is 0.391 bits per heavy atom. The second kappa shape index (κ2) is 18.7. The van der Waals surface area contributed by atoms with Gasteiger partial charge in [-0.05, 0) is 12.1 Å². The summed E-state index contributed by atoms with van der Waals surface area (Å²) in [6.45, 7) is 8.95. The maximum atomic E-state index is 5.86. The molecule has 8 bridgehead atoms. The summed E-state index contributed by atoms with van der Waals surface area (Å²) in [7, 11) is 0. The zero-order valence-electron chi connectivity index (χ0n) is 25.7. The summed E-state index contributed by atoms with van der Waals surface area (Å²) in [4.78, 5) is 5.27. The largest absolute Gasteiger partial charge is 0.487 e. The van der Waals surface area contributed by atoms with Crippen LogP contribution in [0.1, 0.15) is 0 Å². The third-order valence-electron chi connectivity index (χ3n) is 6.89. The van der Waals surface area contributed by atoms with Crippen molar-refractivity contribution in [3.63, 3.8) is 0 Å². The van der Waals surface area contributed by atoms with Crippen LogP contribution in [0.25, 0.3) is 0 Å². The molecule has 1 aromatic carbocycles. The van der Waals surface area contributed by atoms with Crippen LogP contribution in [-0.2, 0) is 41.5 Å². The van der Waals surface area contributed by atoms with Crippen LogP contribution in [0.2, 0.25) is 0 Å². The molecular weight excluding hydrogens is 669 g/mol. The molecule has 0 spiro atoms. The van der Waals surface area contributed by atoms with Crippen LogP contribution in [0.5, 0.6) is 11.5 Å². The van der Waals surface area contributed by atoms with Crippen LogP contribution in [0.4, 0.5) is 0 Å². The highest BCUT2D eigenvalue weighted by atomic mass is 32.2. The van der Waals surface area contributed by atoms with Gasteiger partial charge in [0.05, 0.1) is 87.8 Å². The van der Waals surface area contributed by atoms with Crippen molar-refractivity contribution in [2.75, 3.05) is 92.5 Å². The predicted octanol–water partition coefficient (Wildman–Crippen LogP) is 6.08. The Kier molecular flexibility index (Phi) is 13.9. The van der Waals surface area contributed by atoms with E-state index < -0.39 is 0 Å². The first-order valence-corrected chi connectivity index (χ1v) is 18.7. The monoisotopic (exact) mass is 708 g/mol. The van der Waals surface area contributed by atoms with Gasteiger partial charge in [-0.25, -0.2) is 0 Å². The Morgan fingerprint density at radius 3 is 1.04 bits per heavy atom. The van der Waals surface area contributed by atoms with Gasteiger partial charge >= 0.3 is 0 Å². The van der Waals surface area contributed by atoms with E-state index in [0.29, 0.717) is 104 Å². The lowest BCUT2D eigenvalue weighted by Gasteiger charge is -2.13. The number of aromatic nitrogens is 2. The van der Waals surface area contributed by atoms with E-state index in [-0.39, 0.29) is 0 Å². The predicted molar refractivity (Wildman–Crippen MR) is 182 cm³/mol. The Labute approximate surface area is 287 Å². The highest BCUT2D eigenvalue weighted by Gasteiger charge is 2.29. The van der Waals surface area contributed by atoms with E-state index in [2.05, 4.69) is 33.9 Å². The molecule has 0 saturated heterocycles. The molecule has 250 valence electrons. The van der Waals surface area contributed by atoms with Crippen molar-refractivity contribution in [1.82, 2.24) is 9.13 Å². The summed E-state index contributed by atoms with van der Waals surface area (Å²) in [5.41, 5.74) is 0. The molecule has 46 heavy (non-hydrogen) atoms. The first-order chi connectivity index (χ1) is 22.8. The van der Waals surface area contributed by atoms with Gasteiger partial charge in [0.15, 0.2) is 11.5 Å². The number of nitrogens with zero attached hydrogens (tertiary/aromatic N) is 2. The van der Waals surface area contributed by atoms with Crippen LogP contribution in [0.15, 0.2) is 77.1 Å². The van der Waals surface area contributed by atoms with Crippen LogP contribution in [-0.4, -0.2) is 102 Å². The zero-order chi connectivity index (χ0) is 31.2. The Bertz CT molecular complexity index is 1260. The summed E-state index contributed by atoms with van der Waals surface area (Å²) in [6.07, 6.45) is 8.91. The molecule has 10 nitrogen and oxygen atoms in total. The quantitative estimate of drug-likeness (QED) is 0.271.